The first-order chi connectivity index (χ1) is 42.1. The van der Waals surface area contributed by atoms with E-state index in [-0.39, 0.29) is 48.6 Å². The molecular weight excluding hydrogens is 1160 g/mol. The minimum Gasteiger partial charge on any atom is -0.481 e. The van der Waals surface area contributed by atoms with Gasteiger partial charge in [-0.15, -0.1) is 0 Å². The highest BCUT2D eigenvalue weighted by molar-refractivity contribution is 7.89. The number of ether oxygens (including phenoxy) is 2. The number of primary amides is 1. The van der Waals surface area contributed by atoms with Gasteiger partial charge in [-0.2, -0.15) is 9.44 Å². The molecule has 7 aromatic rings. The van der Waals surface area contributed by atoms with Crippen LogP contribution in [0.3, 0.4) is 0 Å². The summed E-state index contributed by atoms with van der Waals surface area (Å²) in [6.07, 6.45) is -0.0502. The highest BCUT2D eigenvalue weighted by Crippen LogP contribution is 2.18. The number of sulfonamides is 2. The van der Waals surface area contributed by atoms with Gasteiger partial charge in [0.25, 0.3) is 0 Å². The second-order valence-electron chi connectivity index (χ2n) is 19.8. The number of nitrogens with one attached hydrogen (secondary N) is 5. The fourth-order valence-corrected chi connectivity index (χ4v) is 10.7. The maximum atomic E-state index is 13.4. The van der Waals surface area contributed by atoms with Crippen molar-refractivity contribution in [1.29, 1.82) is 0 Å². The van der Waals surface area contributed by atoms with Crippen molar-refractivity contribution in [3.8, 4) is 29.4 Å². The Kier molecular flexibility index (Phi) is 25.1. The second-order valence-corrected chi connectivity index (χ2v) is 23.2. The molecule has 0 aliphatic rings. The number of hydrogen-bond acceptors (Lipinski definition) is 12. The smallest absolute Gasteiger partial charge is 0.338 e. The highest BCUT2D eigenvalue weighted by Gasteiger charge is 2.32. The third-order valence-corrected chi connectivity index (χ3v) is 15.9. The normalized spacial score (nSPS) is 12.2. The van der Waals surface area contributed by atoms with Gasteiger partial charge in [-0.1, -0.05) is 144 Å². The number of esters is 1. The van der Waals surface area contributed by atoms with Gasteiger partial charge < -0.3 is 41.4 Å². The van der Waals surface area contributed by atoms with Gasteiger partial charge in [0.05, 0.1) is 28.5 Å². The van der Waals surface area contributed by atoms with Crippen molar-refractivity contribution in [2.75, 3.05) is 19.8 Å². The summed E-state index contributed by atoms with van der Waals surface area (Å²) in [4.78, 5) is 73.4. The maximum absolute atomic E-state index is 13.4. The largest absolute Gasteiger partial charge is 0.481 e. The molecule has 0 aliphatic carbocycles. The number of carbonyl (C=O) groups excluding carboxylic acids is 4. The van der Waals surface area contributed by atoms with Crippen LogP contribution in [-0.4, -0.2) is 107 Å². The molecule has 0 spiro atoms. The topological polar surface area (TPSA) is 316 Å². The molecule has 9 N–H and O–H groups in total. The van der Waals surface area contributed by atoms with Crippen molar-refractivity contribution in [2.24, 2.45) is 5.73 Å². The van der Waals surface area contributed by atoms with Crippen LogP contribution in [0.2, 0.25) is 0 Å². The highest BCUT2D eigenvalue weighted by atomic mass is 32.2. The monoisotopic (exact) mass is 1230 g/mol. The number of carboxylic acid groups (broad SMARTS) is 2. The number of nitrogens with two attached hydrogens (primary N) is 1. The van der Waals surface area contributed by atoms with Crippen LogP contribution in [0.15, 0.2) is 192 Å². The molecule has 0 bridgehead atoms. The van der Waals surface area contributed by atoms with E-state index in [2.05, 4.69) is 49.1 Å². The molecule has 7 aromatic carbocycles. The molecule has 0 fully saturated rings. The lowest BCUT2D eigenvalue weighted by atomic mass is 10.0. The van der Waals surface area contributed by atoms with E-state index in [0.717, 1.165) is 11.1 Å². The van der Waals surface area contributed by atoms with Gasteiger partial charge in [0.1, 0.15) is 36.5 Å². The Balaban J connectivity index is 0.000000286. The van der Waals surface area contributed by atoms with Crippen LogP contribution < -0.4 is 35.9 Å². The predicted octanol–water partition coefficient (Wildman–Crippen LogP) is 6.02. The summed E-state index contributed by atoms with van der Waals surface area (Å²) in [7, 11) is -8.17. The Hall–Kier alpha value is -10.1. The van der Waals surface area contributed by atoms with E-state index in [1.807, 2.05) is 13.8 Å². The number of aryl methyl sites for hydroxylation is 2. The Bertz CT molecular complexity index is 3870. The van der Waals surface area contributed by atoms with E-state index in [4.69, 9.17) is 15.2 Å². The van der Waals surface area contributed by atoms with Crippen molar-refractivity contribution >= 4 is 55.8 Å². The standard InChI is InChI=1S/C37H36N2O8S.C29H30N4O6S/c1-3-46-37(43)30-17-19-31(20-18-30)47-23-7-10-27-13-15-29(16-14-27)25-34(36(41)42)38-35(40)33(24-28-8-5-4-6-9-28)39-48(44,45)32-21-11-26(2)12-22-32;1-20-9-15-24(16-10-20)40(38,39)33-25(18-22-6-3-2-4-7-22)27(34)32-26(28(35)36)19-23-13-11-21(12-14-23)8-5-17-31-29(30)37/h4-6,8-9,11-22,33-34,39H,3,23-25H2,1-2H3,(H,38,40)(H,41,42);2-4,6-7,9-16,25-26,33H,17-19H2,1H3,(H,32,34)(H,35,36)(H3,30,31,37). The molecule has 456 valence electrons. The van der Waals surface area contributed by atoms with E-state index >= 15 is 0 Å². The molecule has 4 atom stereocenters. The van der Waals surface area contributed by atoms with Gasteiger partial charge in [0, 0.05) is 24.0 Å². The van der Waals surface area contributed by atoms with Gasteiger partial charge >= 0.3 is 23.9 Å². The summed E-state index contributed by atoms with van der Waals surface area (Å²) >= 11 is 0. The number of carbonyl (C=O) groups is 6. The third kappa shape index (κ3) is 22.1. The number of hydrogen-bond donors (Lipinski definition) is 8. The Morgan fingerprint density at radius 1 is 0.500 bits per heavy atom. The van der Waals surface area contributed by atoms with Crippen molar-refractivity contribution in [3.05, 3.63) is 232 Å². The molecule has 0 heterocycles. The number of carboxylic acids is 2. The van der Waals surface area contributed by atoms with E-state index in [9.17, 15) is 55.8 Å². The van der Waals surface area contributed by atoms with E-state index in [1.54, 1.807) is 165 Å². The van der Waals surface area contributed by atoms with Crippen LogP contribution >= 0.6 is 0 Å². The van der Waals surface area contributed by atoms with Crippen LogP contribution in [-0.2, 0) is 69.6 Å². The fourth-order valence-electron chi connectivity index (χ4n) is 8.32. The van der Waals surface area contributed by atoms with Gasteiger partial charge in [0.2, 0.25) is 31.9 Å². The molecule has 0 saturated carbocycles. The van der Waals surface area contributed by atoms with Gasteiger partial charge in [-0.05, 0) is 129 Å². The lowest BCUT2D eigenvalue weighted by Crippen LogP contribution is -2.53. The second kappa shape index (κ2) is 33.0. The molecule has 0 aliphatic heterocycles. The van der Waals surface area contributed by atoms with Crippen LogP contribution in [0.4, 0.5) is 4.79 Å². The quantitative estimate of drug-likeness (QED) is 0.0240. The maximum Gasteiger partial charge on any atom is 0.338 e. The van der Waals surface area contributed by atoms with Crippen LogP contribution in [0.25, 0.3) is 0 Å². The molecule has 0 aromatic heterocycles. The number of amides is 4. The Morgan fingerprint density at radius 2 is 0.886 bits per heavy atom. The van der Waals surface area contributed by atoms with Crippen LogP contribution in [0, 0.1) is 37.5 Å². The minimum atomic E-state index is -4.09. The third-order valence-electron chi connectivity index (χ3n) is 13.0. The van der Waals surface area contributed by atoms with Gasteiger partial charge in [-0.25, -0.2) is 36.0 Å². The summed E-state index contributed by atoms with van der Waals surface area (Å²) in [5.74, 6) is 7.53. The molecule has 4 amide bonds. The zero-order chi connectivity index (χ0) is 63.6. The van der Waals surface area contributed by atoms with Crippen molar-refractivity contribution in [3.63, 3.8) is 0 Å². The van der Waals surface area contributed by atoms with E-state index in [1.165, 1.54) is 24.3 Å². The molecule has 4 unspecified atom stereocenters. The van der Waals surface area contributed by atoms with Crippen molar-refractivity contribution in [2.45, 2.75) is 80.4 Å². The number of urea groups is 1. The lowest BCUT2D eigenvalue weighted by molar-refractivity contribution is -0.142. The molecule has 7 rings (SSSR count). The number of rotatable bonds is 25. The Labute approximate surface area is 511 Å². The molecule has 0 radical (unpaired) electrons. The van der Waals surface area contributed by atoms with Crippen LogP contribution in [0.1, 0.15) is 61.8 Å². The average Bonchev–Trinajstić information content (AvgIpc) is 3.67. The number of aliphatic carboxylic acids is 2. The summed E-state index contributed by atoms with van der Waals surface area (Å²) in [5, 5.41) is 27.1. The minimum absolute atomic E-state index is 0.00631. The predicted molar refractivity (Wildman–Crippen MR) is 330 cm³/mol. The van der Waals surface area contributed by atoms with Crippen LogP contribution in [0.5, 0.6) is 5.75 Å². The van der Waals surface area contributed by atoms with Gasteiger partial charge in [0.15, 0.2) is 0 Å². The molecule has 0 saturated heterocycles. The summed E-state index contributed by atoms with van der Waals surface area (Å²) in [6, 6.07) is 44.4. The van der Waals surface area contributed by atoms with Crippen molar-refractivity contribution in [1.82, 2.24) is 25.4 Å². The SMILES string of the molecule is CCOC(=O)c1ccc(OCC#Cc2ccc(CC(NC(=O)C(Cc3ccccc3)NS(=O)(=O)c3ccc(C)cc3)C(=O)O)cc2)cc1.Cc1ccc(S(=O)(=O)NC(Cc2ccccc2)C(=O)NC(Cc2ccc(C#CCNC(N)=O)cc2)C(=O)O)cc1. The van der Waals surface area contributed by atoms with Gasteiger partial charge in [-0.3, -0.25) is 9.59 Å². The first-order valence-electron chi connectivity index (χ1n) is 27.5. The molecule has 20 nitrogen and oxygen atoms in total. The molecule has 22 heteroatoms. The molecule has 88 heavy (non-hydrogen) atoms. The summed E-state index contributed by atoms with van der Waals surface area (Å²) in [6.45, 7) is 5.88. The van der Waals surface area contributed by atoms with E-state index in [0.29, 0.717) is 51.3 Å². The first kappa shape index (κ1) is 67.0. The van der Waals surface area contributed by atoms with E-state index < -0.39 is 80.0 Å². The fraction of sp³-hybridized carbons (Fsp3) is 0.212. The lowest BCUT2D eigenvalue weighted by Gasteiger charge is -2.22. The zero-order valence-electron chi connectivity index (χ0n) is 48.3. The first-order valence-corrected chi connectivity index (χ1v) is 30.4. The van der Waals surface area contributed by atoms with Crippen molar-refractivity contribution < 1.29 is 65.3 Å². The summed E-state index contributed by atoms with van der Waals surface area (Å²) < 4.78 is 68.0. The Morgan fingerprint density at radius 3 is 1.27 bits per heavy atom. The number of benzene rings is 7. The zero-order valence-corrected chi connectivity index (χ0v) is 49.9. The summed E-state index contributed by atoms with van der Waals surface area (Å²) in [5.41, 5.74) is 11.1. The molecular formula is C66H66N6O14S2. The average molecular weight is 1230 g/mol.